The molecule has 2 N–H and O–H groups in total. The number of hydrogen-bond acceptors (Lipinski definition) is 2. The Balaban J connectivity index is 0.836. The summed E-state index contributed by atoms with van der Waals surface area (Å²) in [5.74, 6) is 23.3. The van der Waals surface area contributed by atoms with E-state index in [1.807, 2.05) is 12.1 Å². The molecule has 12 bridgehead atoms. The SMILES string of the molecule is Oc1cccc(C(CC2CC3CC2C2C4CC(C5C6CCC(C6)C45)C32)(CC2CC3CC2C2C4CC(C5C6CCC(C6)C45)C32)c2cccc(O)c2)c1. The molecule has 12 fully saturated rings. The minimum Gasteiger partial charge on any atom is -0.508 e. The lowest BCUT2D eigenvalue weighted by Gasteiger charge is -2.50. The van der Waals surface area contributed by atoms with Crippen molar-refractivity contribution >= 4 is 0 Å². The summed E-state index contributed by atoms with van der Waals surface area (Å²) < 4.78 is 0. The van der Waals surface area contributed by atoms with Gasteiger partial charge in [0.25, 0.3) is 0 Å². The molecule has 0 aliphatic heterocycles. The number of benzene rings is 2. The van der Waals surface area contributed by atoms with Crippen molar-refractivity contribution in [2.75, 3.05) is 0 Å². The third-order valence-electron chi connectivity index (χ3n) is 21.7. The van der Waals surface area contributed by atoms with Crippen LogP contribution in [0.3, 0.4) is 0 Å². The molecule has 12 aliphatic carbocycles. The summed E-state index contributed by atoms with van der Waals surface area (Å²) in [6.45, 7) is 0. The highest BCUT2D eigenvalue weighted by atomic mass is 16.3. The van der Waals surface area contributed by atoms with Gasteiger partial charge in [-0.3, -0.25) is 0 Å². The van der Waals surface area contributed by atoms with Gasteiger partial charge < -0.3 is 10.2 Å². The van der Waals surface area contributed by atoms with Gasteiger partial charge in [-0.25, -0.2) is 0 Å². The number of aromatic hydroxyl groups is 2. The Kier molecular flexibility index (Phi) is 5.66. The number of hydrogen-bond donors (Lipinski definition) is 2. The lowest BCUT2D eigenvalue weighted by molar-refractivity contribution is -0.00306. The molecule has 2 aromatic rings. The fourth-order valence-corrected chi connectivity index (χ4v) is 21.6. The molecular weight excluding hydrogens is 621 g/mol. The highest BCUT2D eigenvalue weighted by Gasteiger charge is 2.73. The van der Waals surface area contributed by atoms with Gasteiger partial charge in [0.1, 0.15) is 11.5 Å². The predicted molar refractivity (Wildman–Crippen MR) is 198 cm³/mol. The molecule has 268 valence electrons. The van der Waals surface area contributed by atoms with Crippen LogP contribution in [-0.4, -0.2) is 10.2 Å². The summed E-state index contributed by atoms with van der Waals surface area (Å²) in [5.41, 5.74) is 2.54. The van der Waals surface area contributed by atoms with E-state index in [0.29, 0.717) is 11.5 Å². The molecule has 14 rings (SSSR count). The van der Waals surface area contributed by atoms with E-state index in [1.54, 1.807) is 51.4 Å². The van der Waals surface area contributed by atoms with Crippen molar-refractivity contribution in [3.8, 4) is 11.5 Å². The summed E-state index contributed by atoms with van der Waals surface area (Å²) in [5, 5.41) is 22.3. The van der Waals surface area contributed by atoms with E-state index in [2.05, 4.69) is 36.4 Å². The molecule has 12 saturated carbocycles. The largest absolute Gasteiger partial charge is 0.508 e. The van der Waals surface area contributed by atoms with Gasteiger partial charge in [0.2, 0.25) is 0 Å². The lowest BCUT2D eigenvalue weighted by atomic mass is 9.54. The molecular formula is C49H60O2. The van der Waals surface area contributed by atoms with Crippen molar-refractivity contribution in [2.45, 2.75) is 95.3 Å². The van der Waals surface area contributed by atoms with Gasteiger partial charge in [0.15, 0.2) is 0 Å². The maximum Gasteiger partial charge on any atom is 0.115 e. The van der Waals surface area contributed by atoms with Gasteiger partial charge in [0, 0.05) is 5.41 Å². The molecule has 0 saturated heterocycles. The second-order valence-electron chi connectivity index (χ2n) is 22.3. The zero-order valence-corrected chi connectivity index (χ0v) is 30.6. The molecule has 0 spiro atoms. The van der Waals surface area contributed by atoms with Crippen molar-refractivity contribution in [1.29, 1.82) is 0 Å². The van der Waals surface area contributed by atoms with E-state index >= 15 is 0 Å². The fourth-order valence-electron chi connectivity index (χ4n) is 21.6. The van der Waals surface area contributed by atoms with Crippen molar-refractivity contribution in [3.05, 3.63) is 59.7 Å². The minimum atomic E-state index is -0.147. The highest BCUT2D eigenvalue weighted by Crippen LogP contribution is 2.80. The molecule has 2 aromatic carbocycles. The van der Waals surface area contributed by atoms with Gasteiger partial charge in [-0.1, -0.05) is 24.3 Å². The van der Waals surface area contributed by atoms with Gasteiger partial charge in [0.05, 0.1) is 0 Å². The number of fused-ring (bicyclic) bond motifs is 32. The first-order valence-electron chi connectivity index (χ1n) is 22.6. The van der Waals surface area contributed by atoms with Crippen LogP contribution < -0.4 is 0 Å². The van der Waals surface area contributed by atoms with E-state index in [1.165, 1.54) is 49.7 Å². The first-order chi connectivity index (χ1) is 25.0. The van der Waals surface area contributed by atoms with E-state index in [-0.39, 0.29) is 5.41 Å². The number of phenols is 2. The first kappa shape index (κ1) is 29.4. The molecule has 0 heterocycles. The predicted octanol–water partition coefficient (Wildman–Crippen LogP) is 10.6. The van der Waals surface area contributed by atoms with E-state index < -0.39 is 0 Å². The van der Waals surface area contributed by atoms with Crippen molar-refractivity contribution in [1.82, 2.24) is 0 Å². The maximum absolute atomic E-state index is 11.1. The van der Waals surface area contributed by atoms with E-state index in [0.717, 1.165) is 130 Å². The Morgan fingerprint density at radius 3 is 1.22 bits per heavy atom. The van der Waals surface area contributed by atoms with Gasteiger partial charge in [-0.2, -0.15) is 0 Å². The second-order valence-corrected chi connectivity index (χ2v) is 22.3. The van der Waals surface area contributed by atoms with Gasteiger partial charge in [-0.05, 0) is 255 Å². The van der Waals surface area contributed by atoms with Crippen molar-refractivity contribution in [3.63, 3.8) is 0 Å². The summed E-state index contributed by atoms with van der Waals surface area (Å²) in [4.78, 5) is 0. The average molecular weight is 681 g/mol. The summed E-state index contributed by atoms with van der Waals surface area (Å²) in [7, 11) is 0. The summed E-state index contributed by atoms with van der Waals surface area (Å²) >= 11 is 0. The van der Waals surface area contributed by atoms with Crippen LogP contribution in [0, 0.1) is 130 Å². The summed E-state index contributed by atoms with van der Waals surface area (Å²) in [6.07, 6.45) is 21.0. The molecule has 51 heavy (non-hydrogen) atoms. The van der Waals surface area contributed by atoms with Crippen LogP contribution >= 0.6 is 0 Å². The molecule has 22 unspecified atom stereocenters. The van der Waals surface area contributed by atoms with Crippen molar-refractivity contribution < 1.29 is 10.2 Å². The zero-order valence-electron chi connectivity index (χ0n) is 30.6. The molecule has 22 atom stereocenters. The van der Waals surface area contributed by atoms with Crippen LogP contribution in [0.25, 0.3) is 0 Å². The molecule has 0 aromatic heterocycles. The number of rotatable bonds is 6. The smallest absolute Gasteiger partial charge is 0.115 e. The maximum atomic E-state index is 11.1. The first-order valence-corrected chi connectivity index (χ1v) is 22.6. The molecule has 0 radical (unpaired) electrons. The standard InChI is InChI=1S/C49H60O2/c50-33-5-1-3-31(17-33)49(32-4-2-6-34(51)18-32,21-29-13-27-15-35(29)47-39-19-37(45(27)47)41-23-7-9-25(11-23)43(39)41)22-30-14-28-16-36(30)48-40-20-38(46(28)48)42-24-8-10-26(12-24)44(40)42/h1-6,17-18,23-30,35-48,50-51H,7-16,19-22H2. The van der Waals surface area contributed by atoms with Crippen LogP contribution in [0.5, 0.6) is 11.5 Å². The fraction of sp³-hybridized carbons (Fsp3) is 0.755. The minimum absolute atomic E-state index is 0.147. The van der Waals surface area contributed by atoms with Crippen LogP contribution in [0.2, 0.25) is 0 Å². The van der Waals surface area contributed by atoms with Crippen LogP contribution in [0.4, 0.5) is 0 Å². The third-order valence-corrected chi connectivity index (χ3v) is 21.7. The van der Waals surface area contributed by atoms with Gasteiger partial charge in [-0.15, -0.1) is 0 Å². The Morgan fingerprint density at radius 2 is 0.804 bits per heavy atom. The van der Waals surface area contributed by atoms with E-state index in [9.17, 15) is 10.2 Å². The van der Waals surface area contributed by atoms with Crippen molar-refractivity contribution in [2.24, 2.45) is 130 Å². The number of phenolic OH excluding ortho intramolecular Hbond substituents is 2. The van der Waals surface area contributed by atoms with Crippen LogP contribution in [0.1, 0.15) is 101 Å². The Morgan fingerprint density at radius 1 is 0.412 bits per heavy atom. The monoisotopic (exact) mass is 680 g/mol. The lowest BCUT2D eigenvalue weighted by Crippen LogP contribution is -2.45. The topological polar surface area (TPSA) is 40.5 Å². The highest BCUT2D eigenvalue weighted by molar-refractivity contribution is 5.45. The molecule has 12 aliphatic rings. The second kappa shape index (κ2) is 9.82. The van der Waals surface area contributed by atoms with Gasteiger partial charge >= 0.3 is 0 Å². The molecule has 2 nitrogen and oxygen atoms in total. The zero-order chi connectivity index (χ0) is 33.1. The molecule has 2 heteroatoms. The average Bonchev–Trinajstić information content (AvgIpc) is 3.96. The van der Waals surface area contributed by atoms with Crippen LogP contribution in [0.15, 0.2) is 48.5 Å². The Labute approximate surface area is 306 Å². The molecule has 0 amide bonds. The third kappa shape index (κ3) is 3.52. The van der Waals surface area contributed by atoms with E-state index in [4.69, 9.17) is 0 Å². The quantitative estimate of drug-likeness (QED) is 0.298. The normalized spacial score (nSPS) is 56.4. The Bertz CT molecular complexity index is 1670. The summed E-state index contributed by atoms with van der Waals surface area (Å²) in [6, 6.07) is 17.1. The van der Waals surface area contributed by atoms with Crippen LogP contribution in [-0.2, 0) is 5.41 Å². The Hall–Kier alpha value is -1.96.